The Balaban J connectivity index is 1.50. The first-order valence-electron chi connectivity index (χ1n) is 12.1. The molecule has 0 atom stereocenters. The molecule has 0 aliphatic rings. The number of amides is 2. The zero-order chi connectivity index (χ0) is 27.1. The number of aryl methyl sites for hydroxylation is 2. The molecule has 10 heteroatoms. The number of carboxylic acids is 1. The van der Waals surface area contributed by atoms with Gasteiger partial charge in [0.15, 0.2) is 5.69 Å². The van der Waals surface area contributed by atoms with E-state index < -0.39 is 17.8 Å². The van der Waals surface area contributed by atoms with Crippen LogP contribution in [0.5, 0.6) is 5.88 Å². The summed E-state index contributed by atoms with van der Waals surface area (Å²) in [6.07, 6.45) is 2.20. The molecule has 38 heavy (non-hydrogen) atoms. The maximum Gasteiger partial charge on any atom is 0.364 e. The number of rotatable bonds is 10. The number of aromatic hydroxyl groups is 1. The van der Waals surface area contributed by atoms with E-state index in [1.54, 1.807) is 28.5 Å². The van der Waals surface area contributed by atoms with Gasteiger partial charge in [-0.15, -0.1) is 16.9 Å². The minimum absolute atomic E-state index is 0.0865. The summed E-state index contributed by atoms with van der Waals surface area (Å²) in [5.41, 5.74) is 2.32. The van der Waals surface area contributed by atoms with Crippen LogP contribution in [0.3, 0.4) is 0 Å². The number of hydrogen-bond acceptors (Lipinski definition) is 5. The second kappa shape index (κ2) is 12.4. The molecule has 0 fully saturated rings. The Morgan fingerprint density at radius 1 is 1.08 bits per heavy atom. The van der Waals surface area contributed by atoms with E-state index >= 15 is 0 Å². The lowest BCUT2D eigenvalue weighted by Gasteiger charge is -2.07. The predicted molar refractivity (Wildman–Crippen MR) is 146 cm³/mol. The van der Waals surface area contributed by atoms with Crippen molar-refractivity contribution in [3.05, 3.63) is 83.7 Å². The van der Waals surface area contributed by atoms with Crippen molar-refractivity contribution in [1.82, 2.24) is 4.57 Å². The third kappa shape index (κ3) is 6.38. The molecule has 0 saturated carbocycles. The van der Waals surface area contributed by atoms with E-state index in [0.717, 1.165) is 34.6 Å². The van der Waals surface area contributed by atoms with Crippen molar-refractivity contribution in [3.8, 4) is 5.88 Å². The Morgan fingerprint density at radius 2 is 1.89 bits per heavy atom. The van der Waals surface area contributed by atoms with E-state index in [9.17, 15) is 24.2 Å². The highest BCUT2D eigenvalue weighted by atomic mass is 32.2. The van der Waals surface area contributed by atoms with Crippen molar-refractivity contribution in [2.45, 2.75) is 37.6 Å². The standard InChI is InChI=1S/C28H27FN4O4S/c1-2-14-33-24-13-12-21(38-15-6-8-18-7-3-4-11-22(18)27(35)36)17-23(24)25(26(33)34)31-32-28(37)30-20-10-5-9-19(29)16-20/h3-5,7,9-13,16-17,34H,2,6,8,14-15H2,1H3,(H,30,37)(H,35,36). The number of nitrogens with zero attached hydrogens (tertiary/aromatic N) is 3. The molecule has 0 saturated heterocycles. The molecule has 3 N–H and O–H groups in total. The Hall–Kier alpha value is -4.18. The highest BCUT2D eigenvalue weighted by molar-refractivity contribution is 7.99. The molecule has 8 nitrogen and oxygen atoms in total. The molecule has 0 aliphatic carbocycles. The number of fused-ring (bicyclic) bond motifs is 1. The van der Waals surface area contributed by atoms with E-state index in [0.29, 0.717) is 23.9 Å². The third-order valence-corrected chi connectivity index (χ3v) is 6.93. The molecular weight excluding hydrogens is 507 g/mol. The molecule has 4 aromatic rings. The van der Waals surface area contributed by atoms with Gasteiger partial charge in [-0.1, -0.05) is 36.3 Å². The number of urea groups is 1. The number of carbonyl (C=O) groups excluding carboxylic acids is 1. The van der Waals surface area contributed by atoms with E-state index in [4.69, 9.17) is 0 Å². The van der Waals surface area contributed by atoms with Gasteiger partial charge < -0.3 is 20.1 Å². The number of carboxylic acid groups (broad SMARTS) is 1. The van der Waals surface area contributed by atoms with E-state index in [1.807, 2.05) is 37.3 Å². The van der Waals surface area contributed by atoms with Crippen molar-refractivity contribution in [2.75, 3.05) is 11.1 Å². The Labute approximate surface area is 223 Å². The number of nitrogens with one attached hydrogen (secondary N) is 1. The lowest BCUT2D eigenvalue weighted by Crippen LogP contribution is -2.05. The second-order valence-corrected chi connectivity index (χ2v) is 9.73. The number of thioether (sulfide) groups is 1. The Bertz CT molecular complexity index is 1500. The zero-order valence-corrected chi connectivity index (χ0v) is 21.5. The van der Waals surface area contributed by atoms with Crippen LogP contribution in [0, 0.1) is 5.82 Å². The van der Waals surface area contributed by atoms with Crippen LogP contribution < -0.4 is 5.32 Å². The topological polar surface area (TPSA) is 116 Å². The highest BCUT2D eigenvalue weighted by Crippen LogP contribution is 2.41. The fourth-order valence-electron chi connectivity index (χ4n) is 4.15. The van der Waals surface area contributed by atoms with E-state index in [2.05, 4.69) is 15.5 Å². The molecular formula is C28H27FN4O4S. The number of benzene rings is 3. The summed E-state index contributed by atoms with van der Waals surface area (Å²) >= 11 is 1.61. The minimum Gasteiger partial charge on any atom is -0.493 e. The average molecular weight is 535 g/mol. The molecule has 0 spiro atoms. The maximum absolute atomic E-state index is 13.4. The number of halogens is 1. The summed E-state index contributed by atoms with van der Waals surface area (Å²) in [6.45, 7) is 2.55. The molecule has 2 amide bonds. The van der Waals surface area contributed by atoms with Crippen LogP contribution in [0.15, 0.2) is 81.9 Å². The largest absolute Gasteiger partial charge is 0.493 e. The van der Waals surface area contributed by atoms with Gasteiger partial charge >= 0.3 is 12.0 Å². The van der Waals surface area contributed by atoms with Crippen LogP contribution in [0.2, 0.25) is 0 Å². The lowest BCUT2D eigenvalue weighted by molar-refractivity contribution is 0.0695. The molecule has 0 bridgehead atoms. The third-order valence-electron chi connectivity index (χ3n) is 5.85. The average Bonchev–Trinajstić information content (AvgIpc) is 3.15. The molecule has 1 heterocycles. The normalized spacial score (nSPS) is 11.3. The van der Waals surface area contributed by atoms with Crippen LogP contribution in [0.4, 0.5) is 20.6 Å². The SMILES string of the molecule is CCCn1c(O)c(N=NC(=O)Nc2cccc(F)c2)c2cc(SCCCc3ccccc3C(=O)O)ccc21. The molecule has 1 aromatic heterocycles. The lowest BCUT2D eigenvalue weighted by atomic mass is 10.0. The van der Waals surface area contributed by atoms with E-state index in [1.165, 1.54) is 24.3 Å². The summed E-state index contributed by atoms with van der Waals surface area (Å²) in [6, 6.07) is 17.4. The quantitative estimate of drug-likeness (QED) is 0.110. The van der Waals surface area contributed by atoms with Crippen molar-refractivity contribution in [3.63, 3.8) is 0 Å². The monoisotopic (exact) mass is 534 g/mol. The van der Waals surface area contributed by atoms with Gasteiger partial charge in [0, 0.05) is 22.5 Å². The van der Waals surface area contributed by atoms with Gasteiger partial charge in [0.2, 0.25) is 5.88 Å². The maximum atomic E-state index is 13.4. The predicted octanol–water partition coefficient (Wildman–Crippen LogP) is 7.63. The van der Waals surface area contributed by atoms with Gasteiger partial charge in [-0.25, -0.2) is 14.0 Å². The van der Waals surface area contributed by atoms with Gasteiger partial charge in [-0.05, 0) is 73.0 Å². The minimum atomic E-state index is -0.929. The second-order valence-electron chi connectivity index (χ2n) is 8.56. The van der Waals surface area contributed by atoms with Crippen LogP contribution in [0.25, 0.3) is 10.9 Å². The van der Waals surface area contributed by atoms with Gasteiger partial charge in [-0.2, -0.15) is 0 Å². The van der Waals surface area contributed by atoms with Gasteiger partial charge in [0.05, 0.1) is 11.1 Å². The molecule has 196 valence electrons. The number of aromatic carboxylic acids is 1. The fourth-order valence-corrected chi connectivity index (χ4v) is 5.04. The summed E-state index contributed by atoms with van der Waals surface area (Å²) in [5.74, 6) is -0.747. The van der Waals surface area contributed by atoms with Crippen molar-refractivity contribution in [2.24, 2.45) is 10.2 Å². The van der Waals surface area contributed by atoms with Crippen molar-refractivity contribution >= 4 is 46.0 Å². The summed E-state index contributed by atoms with van der Waals surface area (Å²) in [7, 11) is 0. The molecule has 0 aliphatic heterocycles. The molecule has 4 rings (SSSR count). The number of azo groups is 1. The fraction of sp³-hybridized carbons (Fsp3) is 0.214. The molecule has 3 aromatic carbocycles. The zero-order valence-electron chi connectivity index (χ0n) is 20.7. The van der Waals surface area contributed by atoms with Crippen LogP contribution in [-0.4, -0.2) is 32.5 Å². The number of hydrogen-bond donors (Lipinski definition) is 3. The summed E-state index contributed by atoms with van der Waals surface area (Å²) in [4.78, 5) is 24.6. The van der Waals surface area contributed by atoms with Gasteiger partial charge in [0.25, 0.3) is 0 Å². The summed E-state index contributed by atoms with van der Waals surface area (Å²) < 4.78 is 15.1. The first-order chi connectivity index (χ1) is 18.4. The highest BCUT2D eigenvalue weighted by Gasteiger charge is 2.17. The van der Waals surface area contributed by atoms with Crippen LogP contribution in [0.1, 0.15) is 35.7 Å². The van der Waals surface area contributed by atoms with Crippen molar-refractivity contribution < 1.29 is 24.2 Å². The first kappa shape index (κ1) is 26.9. The Morgan fingerprint density at radius 3 is 2.66 bits per heavy atom. The number of aromatic nitrogens is 1. The number of anilines is 1. The Kier molecular flexibility index (Phi) is 8.75. The molecule has 0 unspecified atom stereocenters. The van der Waals surface area contributed by atoms with Crippen molar-refractivity contribution in [1.29, 1.82) is 0 Å². The number of carbonyl (C=O) groups is 2. The van der Waals surface area contributed by atoms with E-state index in [-0.39, 0.29) is 17.3 Å². The molecule has 0 radical (unpaired) electrons. The van der Waals surface area contributed by atoms with Crippen LogP contribution >= 0.6 is 11.8 Å². The first-order valence-corrected chi connectivity index (χ1v) is 13.1. The summed E-state index contributed by atoms with van der Waals surface area (Å²) in [5, 5.41) is 31.1. The van der Waals surface area contributed by atoms with Gasteiger partial charge in [-0.3, -0.25) is 0 Å². The van der Waals surface area contributed by atoms with Gasteiger partial charge in [0.1, 0.15) is 5.82 Å². The van der Waals surface area contributed by atoms with Crippen LogP contribution in [-0.2, 0) is 13.0 Å². The smallest absolute Gasteiger partial charge is 0.364 e.